The fourth-order valence-corrected chi connectivity index (χ4v) is 1.87. The molecule has 0 heterocycles. The van der Waals surface area contributed by atoms with Crippen LogP contribution in [0.4, 0.5) is 22.0 Å². The molecule has 0 amide bonds. The summed E-state index contributed by atoms with van der Waals surface area (Å²) >= 11 is 0. The van der Waals surface area contributed by atoms with Gasteiger partial charge < -0.3 is 9.47 Å². The predicted octanol–water partition coefficient (Wildman–Crippen LogP) is 4.73. The van der Waals surface area contributed by atoms with Gasteiger partial charge in [0.2, 0.25) is 0 Å². The highest BCUT2D eigenvalue weighted by Gasteiger charge is 2.31. The molecule has 3 nitrogen and oxygen atoms in total. The number of hydrogen-bond acceptors (Lipinski definition) is 3. The fraction of sp³-hybridized carbons (Fsp3) is 0.133. The van der Waals surface area contributed by atoms with Gasteiger partial charge in [0.25, 0.3) is 0 Å². The van der Waals surface area contributed by atoms with Crippen LogP contribution < -0.4 is 9.47 Å². The van der Waals surface area contributed by atoms with Crippen molar-refractivity contribution < 1.29 is 31.4 Å². The average Bonchev–Trinajstić information content (AvgIpc) is 2.45. The van der Waals surface area contributed by atoms with Gasteiger partial charge >= 0.3 is 13.0 Å². The summed E-state index contributed by atoms with van der Waals surface area (Å²) in [5.74, 6) is -0.740. The molecule has 2 aromatic carbocycles. The van der Waals surface area contributed by atoms with Crippen molar-refractivity contribution in [2.24, 2.45) is 0 Å². The first-order valence-electron chi connectivity index (χ1n) is 6.13. The number of nitrogens with zero attached hydrogens (tertiary/aromatic N) is 1. The minimum atomic E-state index is -4.83. The van der Waals surface area contributed by atoms with Gasteiger partial charge in [-0.2, -0.15) is 14.0 Å². The molecule has 0 aliphatic carbocycles. The molecule has 0 fully saturated rings. The van der Waals surface area contributed by atoms with Crippen LogP contribution in [0, 0.1) is 11.3 Å². The molecule has 0 N–H and O–H groups in total. The Kier molecular flexibility index (Phi) is 4.69. The van der Waals surface area contributed by atoms with E-state index in [4.69, 9.17) is 5.26 Å². The van der Waals surface area contributed by atoms with Crippen LogP contribution >= 0.6 is 0 Å². The van der Waals surface area contributed by atoms with Gasteiger partial charge in [-0.3, -0.25) is 0 Å². The molecule has 0 radical (unpaired) electrons. The Labute approximate surface area is 127 Å². The van der Waals surface area contributed by atoms with E-state index in [-0.39, 0.29) is 11.3 Å². The molecule has 23 heavy (non-hydrogen) atoms. The minimum absolute atomic E-state index is 0.162. The molecule has 0 saturated carbocycles. The van der Waals surface area contributed by atoms with Gasteiger partial charge in [-0.05, 0) is 35.4 Å². The zero-order chi connectivity index (χ0) is 17.0. The number of hydrogen-bond donors (Lipinski definition) is 0. The second kappa shape index (κ2) is 6.52. The SMILES string of the molecule is N#Cc1cc(-c2cccc(OC(F)(F)F)c2)ccc1OC(F)F. The van der Waals surface area contributed by atoms with Gasteiger partial charge in [-0.1, -0.05) is 18.2 Å². The molecule has 120 valence electrons. The monoisotopic (exact) mass is 329 g/mol. The van der Waals surface area contributed by atoms with Crippen LogP contribution in [0.2, 0.25) is 0 Å². The van der Waals surface area contributed by atoms with E-state index in [0.717, 1.165) is 18.2 Å². The molecule has 0 aliphatic heterocycles. The molecule has 0 aromatic heterocycles. The number of ether oxygens (including phenoxy) is 2. The van der Waals surface area contributed by atoms with Crippen LogP contribution in [0.1, 0.15) is 5.56 Å². The van der Waals surface area contributed by atoms with E-state index in [1.54, 1.807) is 6.07 Å². The highest BCUT2D eigenvalue weighted by Crippen LogP contribution is 2.31. The van der Waals surface area contributed by atoms with Crippen molar-refractivity contribution >= 4 is 0 Å². The minimum Gasteiger partial charge on any atom is -0.433 e. The molecule has 2 rings (SSSR count). The van der Waals surface area contributed by atoms with Crippen LogP contribution in [0.15, 0.2) is 42.5 Å². The van der Waals surface area contributed by atoms with E-state index in [9.17, 15) is 22.0 Å². The first kappa shape index (κ1) is 16.5. The van der Waals surface area contributed by atoms with Crippen LogP contribution in [-0.2, 0) is 0 Å². The molecule has 8 heteroatoms. The van der Waals surface area contributed by atoms with E-state index < -0.39 is 18.7 Å². The summed E-state index contributed by atoms with van der Waals surface area (Å²) in [4.78, 5) is 0. The third-order valence-corrected chi connectivity index (χ3v) is 2.72. The lowest BCUT2D eigenvalue weighted by atomic mass is 10.0. The van der Waals surface area contributed by atoms with Crippen molar-refractivity contribution in [1.82, 2.24) is 0 Å². The van der Waals surface area contributed by atoms with Crippen molar-refractivity contribution in [3.05, 3.63) is 48.0 Å². The van der Waals surface area contributed by atoms with Crippen LogP contribution in [0.5, 0.6) is 11.5 Å². The Morgan fingerprint density at radius 2 is 1.70 bits per heavy atom. The lowest BCUT2D eigenvalue weighted by Crippen LogP contribution is -2.17. The Morgan fingerprint density at radius 3 is 2.30 bits per heavy atom. The zero-order valence-electron chi connectivity index (χ0n) is 11.3. The van der Waals surface area contributed by atoms with E-state index in [1.807, 2.05) is 0 Å². The summed E-state index contributed by atoms with van der Waals surface area (Å²) in [5.41, 5.74) is 0.521. The molecule has 0 aliphatic rings. The number of alkyl halides is 5. The third-order valence-electron chi connectivity index (χ3n) is 2.72. The number of halogens is 5. The summed E-state index contributed by atoms with van der Waals surface area (Å²) in [7, 11) is 0. The fourth-order valence-electron chi connectivity index (χ4n) is 1.87. The Bertz CT molecular complexity index is 737. The van der Waals surface area contributed by atoms with Gasteiger partial charge in [0.05, 0.1) is 5.56 Å². The van der Waals surface area contributed by atoms with Gasteiger partial charge in [0, 0.05) is 0 Å². The maximum Gasteiger partial charge on any atom is 0.573 e. The summed E-state index contributed by atoms with van der Waals surface area (Å²) < 4.78 is 69.1. The smallest absolute Gasteiger partial charge is 0.433 e. The average molecular weight is 329 g/mol. The van der Waals surface area contributed by atoms with Crippen LogP contribution in [0.25, 0.3) is 11.1 Å². The van der Waals surface area contributed by atoms with Gasteiger partial charge in [-0.25, -0.2) is 0 Å². The van der Waals surface area contributed by atoms with Crippen molar-refractivity contribution in [2.75, 3.05) is 0 Å². The van der Waals surface area contributed by atoms with E-state index >= 15 is 0 Å². The highest BCUT2D eigenvalue weighted by molar-refractivity contribution is 5.68. The van der Waals surface area contributed by atoms with E-state index in [1.165, 1.54) is 24.3 Å². The van der Waals surface area contributed by atoms with Crippen molar-refractivity contribution in [3.63, 3.8) is 0 Å². The van der Waals surface area contributed by atoms with Crippen molar-refractivity contribution in [3.8, 4) is 28.7 Å². The molecular weight excluding hydrogens is 321 g/mol. The van der Waals surface area contributed by atoms with Crippen molar-refractivity contribution in [2.45, 2.75) is 13.0 Å². The third kappa shape index (κ3) is 4.57. The summed E-state index contributed by atoms with van der Waals surface area (Å²) in [6.45, 7) is -3.09. The number of rotatable bonds is 4. The number of benzene rings is 2. The van der Waals surface area contributed by atoms with Crippen molar-refractivity contribution in [1.29, 1.82) is 5.26 Å². The van der Waals surface area contributed by atoms with E-state index in [2.05, 4.69) is 9.47 Å². The second-order valence-corrected chi connectivity index (χ2v) is 4.28. The first-order valence-corrected chi connectivity index (χ1v) is 6.13. The van der Waals surface area contributed by atoms with Crippen LogP contribution in [0.3, 0.4) is 0 Å². The molecular formula is C15H8F5NO2. The van der Waals surface area contributed by atoms with Crippen LogP contribution in [-0.4, -0.2) is 13.0 Å². The van der Waals surface area contributed by atoms with Gasteiger partial charge in [0.1, 0.15) is 17.6 Å². The molecule has 0 bridgehead atoms. The zero-order valence-corrected chi connectivity index (χ0v) is 11.3. The quantitative estimate of drug-likeness (QED) is 0.762. The summed E-state index contributed by atoms with van der Waals surface area (Å²) in [6, 6.07) is 10.5. The largest absolute Gasteiger partial charge is 0.573 e. The molecule has 0 unspecified atom stereocenters. The lowest BCUT2D eigenvalue weighted by Gasteiger charge is -2.11. The lowest BCUT2D eigenvalue weighted by molar-refractivity contribution is -0.274. The topological polar surface area (TPSA) is 42.2 Å². The predicted molar refractivity (Wildman–Crippen MR) is 69.9 cm³/mol. The molecule has 0 atom stereocenters. The maximum absolute atomic E-state index is 12.2. The number of nitriles is 1. The highest BCUT2D eigenvalue weighted by atomic mass is 19.4. The normalized spacial score (nSPS) is 11.2. The Morgan fingerprint density at radius 1 is 1.00 bits per heavy atom. The maximum atomic E-state index is 12.2. The Hall–Kier alpha value is -2.82. The summed E-state index contributed by atoms with van der Waals surface area (Å²) in [5, 5.41) is 8.96. The Balaban J connectivity index is 2.35. The standard InChI is InChI=1S/C15H8F5NO2/c16-14(17)22-13-5-4-10(6-11(13)8-21)9-2-1-3-12(7-9)23-15(18,19)20/h1-7,14H. The first-order chi connectivity index (χ1) is 10.8. The molecule has 0 spiro atoms. The molecule has 2 aromatic rings. The van der Waals surface area contributed by atoms with Gasteiger partial charge in [-0.15, -0.1) is 13.2 Å². The summed E-state index contributed by atoms with van der Waals surface area (Å²) in [6.07, 6.45) is -4.83. The molecule has 0 saturated heterocycles. The van der Waals surface area contributed by atoms with Gasteiger partial charge in [0.15, 0.2) is 0 Å². The van der Waals surface area contributed by atoms with E-state index in [0.29, 0.717) is 11.1 Å². The second-order valence-electron chi connectivity index (χ2n) is 4.28.